The molecule has 1 aromatic rings. The molecule has 110 valence electrons. The van der Waals surface area contributed by atoms with Gasteiger partial charge in [0.25, 0.3) is 0 Å². The van der Waals surface area contributed by atoms with Gasteiger partial charge in [0.1, 0.15) is 0 Å². The molecule has 3 nitrogen and oxygen atoms in total. The van der Waals surface area contributed by atoms with Crippen LogP contribution in [0.25, 0.3) is 0 Å². The maximum absolute atomic E-state index is 12.6. The van der Waals surface area contributed by atoms with Crippen LogP contribution in [0.15, 0.2) is 12.1 Å². The van der Waals surface area contributed by atoms with Gasteiger partial charge >= 0.3 is 0 Å². The minimum Gasteiger partial charge on any atom is -0.301 e. The standard InChI is InChI=1S/C17H26N2O/c1-5-18-6-8-19(9-7-18)12-16(20)17-14(3)10-13(2)11-15(17)4/h10-11H,5-9,12H2,1-4H3. The van der Waals surface area contributed by atoms with Gasteiger partial charge in [-0.05, 0) is 38.4 Å². The lowest BCUT2D eigenvalue weighted by Gasteiger charge is -2.33. The fourth-order valence-corrected chi connectivity index (χ4v) is 3.17. The molecule has 0 amide bonds. The Labute approximate surface area is 122 Å². The zero-order valence-corrected chi connectivity index (χ0v) is 13.2. The van der Waals surface area contributed by atoms with Crippen molar-refractivity contribution in [3.05, 3.63) is 34.4 Å². The van der Waals surface area contributed by atoms with E-state index in [1.807, 2.05) is 13.8 Å². The lowest BCUT2D eigenvalue weighted by molar-refractivity contribution is 0.0858. The molecule has 1 fully saturated rings. The molecule has 0 bridgehead atoms. The molecule has 3 heteroatoms. The monoisotopic (exact) mass is 274 g/mol. The van der Waals surface area contributed by atoms with Crippen LogP contribution in [0.3, 0.4) is 0 Å². The van der Waals surface area contributed by atoms with Gasteiger partial charge in [-0.3, -0.25) is 9.69 Å². The van der Waals surface area contributed by atoms with Crippen LogP contribution >= 0.6 is 0 Å². The van der Waals surface area contributed by atoms with Gasteiger partial charge in [-0.25, -0.2) is 0 Å². The summed E-state index contributed by atoms with van der Waals surface area (Å²) in [6.45, 7) is 14.2. The number of rotatable bonds is 4. The van der Waals surface area contributed by atoms with Crippen LogP contribution < -0.4 is 0 Å². The van der Waals surface area contributed by atoms with Crippen molar-refractivity contribution in [2.24, 2.45) is 0 Å². The van der Waals surface area contributed by atoms with Crippen molar-refractivity contribution in [2.75, 3.05) is 39.3 Å². The van der Waals surface area contributed by atoms with Crippen LogP contribution in [0.4, 0.5) is 0 Å². The van der Waals surface area contributed by atoms with Gasteiger partial charge in [0.15, 0.2) is 5.78 Å². The molecule has 0 atom stereocenters. The number of piperazine rings is 1. The third kappa shape index (κ3) is 3.47. The van der Waals surface area contributed by atoms with Gasteiger partial charge < -0.3 is 4.90 Å². The Kier molecular flexibility index (Phi) is 4.95. The molecular formula is C17H26N2O. The van der Waals surface area contributed by atoms with Crippen LogP contribution in [-0.2, 0) is 0 Å². The van der Waals surface area contributed by atoms with E-state index < -0.39 is 0 Å². The zero-order valence-electron chi connectivity index (χ0n) is 13.2. The first-order chi connectivity index (χ1) is 9.51. The van der Waals surface area contributed by atoms with Gasteiger partial charge in [0.05, 0.1) is 6.54 Å². The van der Waals surface area contributed by atoms with Crippen LogP contribution in [0, 0.1) is 20.8 Å². The number of nitrogens with zero attached hydrogens (tertiary/aromatic N) is 2. The second-order valence-corrected chi connectivity index (χ2v) is 5.91. The van der Waals surface area contributed by atoms with Crippen LogP contribution in [0.5, 0.6) is 0 Å². The minimum absolute atomic E-state index is 0.268. The third-order valence-corrected chi connectivity index (χ3v) is 4.24. The number of aryl methyl sites for hydroxylation is 3. The SMILES string of the molecule is CCN1CCN(CC(=O)c2c(C)cc(C)cc2C)CC1. The molecule has 0 radical (unpaired) electrons. The molecule has 0 aromatic heterocycles. The van der Waals surface area contributed by atoms with Gasteiger partial charge in [-0.2, -0.15) is 0 Å². The van der Waals surface area contributed by atoms with Crippen molar-refractivity contribution in [2.45, 2.75) is 27.7 Å². The molecule has 2 rings (SSSR count). The largest absolute Gasteiger partial charge is 0.301 e. The summed E-state index contributed by atoms with van der Waals surface area (Å²) in [5.74, 6) is 0.268. The van der Waals surface area contributed by atoms with Gasteiger partial charge in [-0.15, -0.1) is 0 Å². The Morgan fingerprint density at radius 1 is 1.00 bits per heavy atom. The molecule has 1 aliphatic heterocycles. The summed E-state index contributed by atoms with van der Waals surface area (Å²) in [6.07, 6.45) is 0. The molecule has 20 heavy (non-hydrogen) atoms. The normalized spacial score (nSPS) is 17.4. The van der Waals surface area contributed by atoms with Crippen molar-refractivity contribution in [1.29, 1.82) is 0 Å². The van der Waals surface area contributed by atoms with Crippen molar-refractivity contribution in [1.82, 2.24) is 9.80 Å². The predicted octanol–water partition coefficient (Wildman–Crippen LogP) is 2.43. The Morgan fingerprint density at radius 2 is 1.50 bits per heavy atom. The van der Waals surface area contributed by atoms with E-state index in [1.165, 1.54) is 5.56 Å². The Morgan fingerprint density at radius 3 is 2.00 bits per heavy atom. The first-order valence-electron chi connectivity index (χ1n) is 7.57. The topological polar surface area (TPSA) is 23.6 Å². The predicted molar refractivity (Wildman–Crippen MR) is 83.5 cm³/mol. The number of benzene rings is 1. The van der Waals surface area contributed by atoms with E-state index >= 15 is 0 Å². The first-order valence-corrected chi connectivity index (χ1v) is 7.57. The molecular weight excluding hydrogens is 248 g/mol. The third-order valence-electron chi connectivity index (χ3n) is 4.24. The fourth-order valence-electron chi connectivity index (χ4n) is 3.17. The maximum Gasteiger partial charge on any atom is 0.177 e. The summed E-state index contributed by atoms with van der Waals surface area (Å²) >= 11 is 0. The van der Waals surface area contributed by atoms with Crippen LogP contribution in [0.1, 0.15) is 34.0 Å². The van der Waals surface area contributed by atoms with Crippen LogP contribution in [0.2, 0.25) is 0 Å². The molecule has 1 heterocycles. The quantitative estimate of drug-likeness (QED) is 0.788. The van der Waals surface area contributed by atoms with Crippen molar-refractivity contribution >= 4 is 5.78 Å². The van der Waals surface area contributed by atoms with E-state index in [9.17, 15) is 4.79 Å². The number of ketones is 1. The summed E-state index contributed by atoms with van der Waals surface area (Å²) in [7, 11) is 0. The van der Waals surface area contributed by atoms with E-state index in [4.69, 9.17) is 0 Å². The first kappa shape index (κ1) is 15.2. The summed E-state index contributed by atoms with van der Waals surface area (Å²) < 4.78 is 0. The highest BCUT2D eigenvalue weighted by atomic mass is 16.1. The molecule has 0 N–H and O–H groups in total. The van der Waals surface area contributed by atoms with Crippen molar-refractivity contribution in [3.8, 4) is 0 Å². The highest BCUT2D eigenvalue weighted by molar-refractivity contribution is 6.00. The van der Waals surface area contributed by atoms with Crippen molar-refractivity contribution < 1.29 is 4.79 Å². The smallest absolute Gasteiger partial charge is 0.177 e. The summed E-state index contributed by atoms with van der Waals surface area (Å²) in [5, 5.41) is 0. The molecule has 0 saturated carbocycles. The summed E-state index contributed by atoms with van der Waals surface area (Å²) in [6, 6.07) is 4.21. The van der Waals surface area contributed by atoms with Crippen molar-refractivity contribution in [3.63, 3.8) is 0 Å². The maximum atomic E-state index is 12.6. The van der Waals surface area contributed by atoms with Gasteiger partial charge in [0, 0.05) is 31.7 Å². The molecule has 0 unspecified atom stereocenters. The van der Waals surface area contributed by atoms with E-state index in [2.05, 4.69) is 35.8 Å². The Hall–Kier alpha value is -1.19. The molecule has 0 aliphatic carbocycles. The Bertz CT molecular complexity index is 465. The molecule has 1 saturated heterocycles. The number of carbonyl (C=O) groups is 1. The average molecular weight is 274 g/mol. The molecule has 1 aliphatic rings. The molecule has 0 spiro atoms. The van der Waals surface area contributed by atoms with Gasteiger partial charge in [-0.1, -0.05) is 24.6 Å². The minimum atomic E-state index is 0.268. The average Bonchev–Trinajstić information content (AvgIpc) is 2.38. The second kappa shape index (κ2) is 6.51. The summed E-state index contributed by atoms with van der Waals surface area (Å²) in [4.78, 5) is 17.3. The van der Waals surface area contributed by atoms with E-state index in [0.717, 1.165) is 49.4 Å². The number of carbonyl (C=O) groups excluding carboxylic acids is 1. The lowest BCUT2D eigenvalue weighted by atomic mass is 9.96. The number of hydrogen-bond donors (Lipinski definition) is 0. The van der Waals surface area contributed by atoms with Crippen LogP contribution in [-0.4, -0.2) is 54.9 Å². The van der Waals surface area contributed by atoms with E-state index in [-0.39, 0.29) is 5.78 Å². The number of hydrogen-bond acceptors (Lipinski definition) is 3. The number of Topliss-reactive ketones (excluding diaryl/α,β-unsaturated/α-hetero) is 1. The zero-order chi connectivity index (χ0) is 14.7. The van der Waals surface area contributed by atoms with Gasteiger partial charge in [0.2, 0.25) is 0 Å². The number of likely N-dealkylation sites (N-methyl/N-ethyl adjacent to an activating group) is 1. The fraction of sp³-hybridized carbons (Fsp3) is 0.588. The molecule has 1 aromatic carbocycles. The lowest BCUT2D eigenvalue weighted by Crippen LogP contribution is -2.47. The van der Waals surface area contributed by atoms with E-state index in [0.29, 0.717) is 6.54 Å². The van der Waals surface area contributed by atoms with E-state index in [1.54, 1.807) is 0 Å². The summed E-state index contributed by atoms with van der Waals surface area (Å²) in [5.41, 5.74) is 4.38. The highest BCUT2D eigenvalue weighted by Crippen LogP contribution is 2.17. The highest BCUT2D eigenvalue weighted by Gasteiger charge is 2.20. The Balaban J connectivity index is 2.03. The second-order valence-electron chi connectivity index (χ2n) is 5.91.